The van der Waals surface area contributed by atoms with Gasteiger partial charge in [0.25, 0.3) is 5.91 Å². The minimum Gasteiger partial charge on any atom is -0.548 e. The smallest absolute Gasteiger partial charge is 0.260 e. The first kappa shape index (κ1) is 9.51. The van der Waals surface area contributed by atoms with Crippen LogP contribution < -0.4 is 9.84 Å². The van der Waals surface area contributed by atoms with E-state index in [4.69, 9.17) is 4.74 Å². The van der Waals surface area contributed by atoms with Crippen molar-refractivity contribution in [1.29, 1.82) is 0 Å². The molecular formula is C10H8NO4-. The number of fused-ring (bicyclic) bond motifs is 1. The summed E-state index contributed by atoms with van der Waals surface area (Å²) in [6.45, 7) is -0.503. The molecule has 0 aliphatic carbocycles. The Labute approximate surface area is 85.9 Å². The summed E-state index contributed by atoms with van der Waals surface area (Å²) in [6, 6.07) is 6.71. The Kier molecular flexibility index (Phi) is 2.29. The molecule has 1 amide bonds. The maximum atomic E-state index is 11.7. The Morgan fingerprint density at radius 1 is 1.47 bits per heavy atom. The normalized spacial score (nSPS) is 14.4. The second-order valence-electron chi connectivity index (χ2n) is 3.14. The highest BCUT2D eigenvalue weighted by Gasteiger charge is 2.24. The molecule has 1 aromatic carbocycles. The van der Waals surface area contributed by atoms with E-state index < -0.39 is 12.5 Å². The number of para-hydroxylation sites is 1. The first-order valence-electron chi connectivity index (χ1n) is 4.39. The number of ether oxygens (including phenoxy) is 1. The molecule has 0 radical (unpaired) electrons. The zero-order valence-corrected chi connectivity index (χ0v) is 7.80. The third-order valence-corrected chi connectivity index (χ3v) is 2.10. The molecule has 1 heterocycles. The van der Waals surface area contributed by atoms with Crippen LogP contribution in [0.1, 0.15) is 10.4 Å². The fraction of sp³-hybridized carbons (Fsp3) is 0.200. The second-order valence-corrected chi connectivity index (χ2v) is 3.14. The van der Waals surface area contributed by atoms with Gasteiger partial charge in [0, 0.05) is 0 Å². The topological polar surface area (TPSA) is 69.7 Å². The first-order chi connectivity index (χ1) is 7.18. The predicted molar refractivity (Wildman–Crippen MR) is 48.0 cm³/mol. The number of carboxylic acids is 1. The van der Waals surface area contributed by atoms with E-state index in [0.29, 0.717) is 11.3 Å². The molecule has 0 atom stereocenters. The largest absolute Gasteiger partial charge is 0.548 e. The molecule has 0 spiro atoms. The highest BCUT2D eigenvalue weighted by Crippen LogP contribution is 2.23. The lowest BCUT2D eigenvalue weighted by molar-refractivity contribution is -0.306. The Balaban J connectivity index is 2.26. The fourth-order valence-electron chi connectivity index (χ4n) is 1.42. The summed E-state index contributed by atoms with van der Waals surface area (Å²) in [5.41, 5.74) is 0.380. The van der Waals surface area contributed by atoms with Crippen LogP contribution in [0.3, 0.4) is 0 Å². The Hall–Kier alpha value is -2.04. The zero-order chi connectivity index (χ0) is 10.8. The van der Waals surface area contributed by atoms with Crippen molar-refractivity contribution in [2.24, 2.45) is 0 Å². The highest BCUT2D eigenvalue weighted by molar-refractivity contribution is 5.98. The number of hydrogen-bond donors (Lipinski definition) is 0. The molecule has 1 aromatic rings. The molecule has 0 saturated carbocycles. The maximum absolute atomic E-state index is 11.7. The summed E-state index contributed by atoms with van der Waals surface area (Å²) >= 11 is 0. The van der Waals surface area contributed by atoms with Gasteiger partial charge in [0.1, 0.15) is 5.75 Å². The quantitative estimate of drug-likeness (QED) is 0.637. The van der Waals surface area contributed by atoms with Crippen molar-refractivity contribution in [2.75, 3.05) is 13.3 Å². The van der Waals surface area contributed by atoms with Gasteiger partial charge in [-0.3, -0.25) is 9.69 Å². The molecule has 0 N–H and O–H groups in total. The lowest BCUT2D eigenvalue weighted by atomic mass is 10.1. The van der Waals surface area contributed by atoms with Crippen molar-refractivity contribution < 1.29 is 19.4 Å². The van der Waals surface area contributed by atoms with Gasteiger partial charge in [-0.15, -0.1) is 0 Å². The summed E-state index contributed by atoms with van der Waals surface area (Å²) in [4.78, 5) is 23.2. The van der Waals surface area contributed by atoms with Gasteiger partial charge in [-0.25, -0.2) is 0 Å². The predicted octanol–water partition coefficient (Wildman–Crippen LogP) is -0.771. The average Bonchev–Trinajstić information content (AvgIpc) is 2.22. The summed E-state index contributed by atoms with van der Waals surface area (Å²) in [6.07, 6.45) is 0. The van der Waals surface area contributed by atoms with Crippen LogP contribution in [-0.2, 0) is 4.79 Å². The molecule has 5 nitrogen and oxygen atoms in total. The van der Waals surface area contributed by atoms with E-state index in [1.807, 2.05) is 0 Å². The van der Waals surface area contributed by atoms with Crippen molar-refractivity contribution in [2.45, 2.75) is 0 Å². The average molecular weight is 206 g/mol. The number of carbonyl (C=O) groups excluding carboxylic acids is 2. The van der Waals surface area contributed by atoms with E-state index in [0.717, 1.165) is 4.90 Å². The molecule has 78 valence electrons. The number of benzene rings is 1. The first-order valence-corrected chi connectivity index (χ1v) is 4.39. The molecule has 5 heteroatoms. The molecule has 1 aliphatic rings. The van der Waals surface area contributed by atoms with Crippen LogP contribution in [0.15, 0.2) is 24.3 Å². The van der Waals surface area contributed by atoms with Crippen LogP contribution in [0.5, 0.6) is 5.75 Å². The molecule has 0 saturated heterocycles. The fourth-order valence-corrected chi connectivity index (χ4v) is 1.42. The summed E-state index contributed by atoms with van der Waals surface area (Å²) in [7, 11) is 0. The van der Waals surface area contributed by atoms with Gasteiger partial charge in [-0.1, -0.05) is 12.1 Å². The van der Waals surface area contributed by atoms with Gasteiger partial charge in [-0.05, 0) is 12.1 Å². The van der Waals surface area contributed by atoms with Crippen LogP contribution in [0, 0.1) is 0 Å². The van der Waals surface area contributed by atoms with Gasteiger partial charge >= 0.3 is 0 Å². The van der Waals surface area contributed by atoms with E-state index in [-0.39, 0.29) is 12.6 Å². The molecule has 2 rings (SSSR count). The van der Waals surface area contributed by atoms with Crippen LogP contribution in [-0.4, -0.2) is 30.1 Å². The Morgan fingerprint density at radius 3 is 2.93 bits per heavy atom. The summed E-state index contributed by atoms with van der Waals surface area (Å²) in [5, 5.41) is 10.4. The van der Waals surface area contributed by atoms with Crippen LogP contribution >= 0.6 is 0 Å². The number of rotatable bonds is 2. The molecule has 1 aliphatic heterocycles. The van der Waals surface area contributed by atoms with Crippen LogP contribution in [0.2, 0.25) is 0 Å². The van der Waals surface area contributed by atoms with Gasteiger partial charge in [-0.2, -0.15) is 0 Å². The van der Waals surface area contributed by atoms with Crippen LogP contribution in [0.25, 0.3) is 0 Å². The monoisotopic (exact) mass is 206 g/mol. The molecular weight excluding hydrogens is 198 g/mol. The zero-order valence-electron chi connectivity index (χ0n) is 7.80. The highest BCUT2D eigenvalue weighted by atomic mass is 16.5. The van der Waals surface area contributed by atoms with E-state index in [1.165, 1.54) is 0 Å². The maximum Gasteiger partial charge on any atom is 0.260 e. The lowest BCUT2D eigenvalue weighted by Gasteiger charge is -2.28. The Morgan fingerprint density at radius 2 is 2.20 bits per heavy atom. The third kappa shape index (κ3) is 1.76. The number of nitrogens with zero attached hydrogens (tertiary/aromatic N) is 1. The summed E-state index contributed by atoms with van der Waals surface area (Å²) < 4.78 is 5.22. The standard InChI is InChI=1S/C10H9NO4/c12-9(13)5-11-6-15-8-4-2-1-3-7(8)10(11)14/h1-4H,5-6H2,(H,12,13)/p-1. The van der Waals surface area contributed by atoms with Crippen molar-refractivity contribution in [3.8, 4) is 5.75 Å². The van der Waals surface area contributed by atoms with E-state index in [9.17, 15) is 14.7 Å². The lowest BCUT2D eigenvalue weighted by Crippen LogP contribution is -2.45. The van der Waals surface area contributed by atoms with Gasteiger partial charge < -0.3 is 14.6 Å². The molecule has 0 aromatic heterocycles. The van der Waals surface area contributed by atoms with Gasteiger partial charge in [0.2, 0.25) is 0 Å². The van der Waals surface area contributed by atoms with Crippen LogP contribution in [0.4, 0.5) is 0 Å². The number of carboxylic acid groups (broad SMARTS) is 1. The number of aliphatic carboxylic acids is 1. The number of hydrogen-bond acceptors (Lipinski definition) is 4. The van der Waals surface area contributed by atoms with E-state index in [2.05, 4.69) is 0 Å². The second kappa shape index (κ2) is 3.61. The minimum absolute atomic E-state index is 0.0518. The Bertz CT molecular complexity index is 416. The van der Waals surface area contributed by atoms with E-state index >= 15 is 0 Å². The summed E-state index contributed by atoms with van der Waals surface area (Å²) in [5.74, 6) is -1.16. The minimum atomic E-state index is -1.30. The number of amides is 1. The molecule has 0 fully saturated rings. The SMILES string of the molecule is O=C([O-])CN1COc2ccccc2C1=O. The molecule has 0 bridgehead atoms. The third-order valence-electron chi connectivity index (χ3n) is 2.10. The van der Waals surface area contributed by atoms with Gasteiger partial charge in [0.05, 0.1) is 18.1 Å². The van der Waals surface area contributed by atoms with Gasteiger partial charge in [0.15, 0.2) is 6.73 Å². The van der Waals surface area contributed by atoms with Crippen molar-refractivity contribution in [1.82, 2.24) is 4.90 Å². The van der Waals surface area contributed by atoms with Crippen molar-refractivity contribution >= 4 is 11.9 Å². The number of carbonyl (C=O) groups is 2. The van der Waals surface area contributed by atoms with E-state index in [1.54, 1.807) is 24.3 Å². The molecule has 0 unspecified atom stereocenters. The molecule has 15 heavy (non-hydrogen) atoms. The van der Waals surface area contributed by atoms with Crippen molar-refractivity contribution in [3.63, 3.8) is 0 Å². The van der Waals surface area contributed by atoms with Crippen molar-refractivity contribution in [3.05, 3.63) is 29.8 Å².